The van der Waals surface area contributed by atoms with Crippen LogP contribution in [0.4, 0.5) is 8.78 Å². The van der Waals surface area contributed by atoms with Crippen molar-refractivity contribution in [2.24, 2.45) is 0 Å². The molecule has 7 rings (SSSR count). The fraction of sp³-hybridized carbons (Fsp3) is 0.541. The van der Waals surface area contributed by atoms with E-state index in [9.17, 15) is 33.1 Å². The Bertz CT molecular complexity index is 2860. The molecule has 0 aliphatic carbocycles. The van der Waals surface area contributed by atoms with Gasteiger partial charge in [0, 0.05) is 37.1 Å². The number of nitrogens with zero attached hydrogens (tertiary/aromatic N) is 4. The smallest absolute Gasteiger partial charge is 0.359 e. The molecule has 4 atom stereocenters. The van der Waals surface area contributed by atoms with Crippen LogP contribution >= 0.6 is 0 Å². The number of rotatable bonds is 18. The molecule has 0 bridgehead atoms. The van der Waals surface area contributed by atoms with Gasteiger partial charge in [-0.15, -0.1) is 0 Å². The van der Waals surface area contributed by atoms with Crippen LogP contribution in [0.2, 0.25) is 0 Å². The largest absolute Gasteiger partial charge is 0.476 e. The number of hydrogen-bond acceptors (Lipinski definition) is 13. The van der Waals surface area contributed by atoms with Gasteiger partial charge in [0.2, 0.25) is 0 Å². The number of esters is 3. The Kier molecular flexibility index (Phi) is 20.2. The molecule has 16 nitrogen and oxygen atoms in total. The van der Waals surface area contributed by atoms with E-state index in [0.29, 0.717) is 67.2 Å². The van der Waals surface area contributed by atoms with Crippen molar-refractivity contribution in [3.05, 3.63) is 119 Å². The summed E-state index contributed by atoms with van der Waals surface area (Å²) < 4.78 is 72.4. The van der Waals surface area contributed by atoms with Crippen LogP contribution in [0.25, 0.3) is 22.8 Å². The summed E-state index contributed by atoms with van der Waals surface area (Å²) in [6, 6.07) is 21.4. The molecule has 3 aromatic carbocycles. The Hall–Kier alpha value is -6.34. The van der Waals surface area contributed by atoms with Gasteiger partial charge in [-0.25, -0.2) is 28.3 Å². The minimum absolute atomic E-state index is 0.0136. The second-order valence-corrected chi connectivity index (χ2v) is 23.7. The lowest BCUT2D eigenvalue weighted by molar-refractivity contribution is -0.301. The van der Waals surface area contributed by atoms with E-state index >= 15 is 0 Å². The van der Waals surface area contributed by atoms with Crippen molar-refractivity contribution < 1.29 is 66.2 Å². The van der Waals surface area contributed by atoms with Gasteiger partial charge in [0.05, 0.1) is 48.6 Å². The van der Waals surface area contributed by atoms with Gasteiger partial charge >= 0.3 is 23.9 Å². The minimum atomic E-state index is -1.11. The first-order valence-corrected chi connectivity index (χ1v) is 27.2. The summed E-state index contributed by atoms with van der Waals surface area (Å²) in [4.78, 5) is 59.5. The van der Waals surface area contributed by atoms with Crippen molar-refractivity contribution in [3.8, 4) is 22.8 Å². The van der Waals surface area contributed by atoms with Gasteiger partial charge in [-0.05, 0) is 148 Å². The summed E-state index contributed by atoms with van der Waals surface area (Å²) in [5, 5.41) is 9.81. The molecule has 5 aromatic rings. The third kappa shape index (κ3) is 18.1. The third-order valence-corrected chi connectivity index (χ3v) is 12.8. The molecular formula is C61H80F2N4O12. The lowest BCUT2D eigenvalue weighted by Gasteiger charge is -2.41. The van der Waals surface area contributed by atoms with Crippen LogP contribution < -0.4 is 0 Å². The van der Waals surface area contributed by atoms with Gasteiger partial charge in [0.15, 0.2) is 23.0 Å². The van der Waals surface area contributed by atoms with Crippen molar-refractivity contribution >= 4 is 23.9 Å². The highest BCUT2D eigenvalue weighted by Crippen LogP contribution is 2.36. The molecule has 0 radical (unpaired) electrons. The molecule has 18 heteroatoms. The first kappa shape index (κ1) is 61.9. The topological polar surface area (TPSA) is 189 Å². The monoisotopic (exact) mass is 1100 g/mol. The van der Waals surface area contributed by atoms with Gasteiger partial charge in [-0.3, -0.25) is 9.59 Å². The maximum Gasteiger partial charge on any atom is 0.359 e. The van der Waals surface area contributed by atoms with E-state index in [1.165, 1.54) is 24.3 Å². The van der Waals surface area contributed by atoms with Crippen LogP contribution in [0.15, 0.2) is 78.9 Å². The molecule has 1 N–H and O–H groups in total. The average molecular weight is 1100 g/mol. The Morgan fingerprint density at radius 2 is 0.987 bits per heavy atom. The molecular weight excluding hydrogens is 1020 g/mol. The first-order valence-electron chi connectivity index (χ1n) is 27.2. The van der Waals surface area contributed by atoms with Crippen molar-refractivity contribution in [2.45, 2.75) is 214 Å². The number of benzene rings is 3. The van der Waals surface area contributed by atoms with Gasteiger partial charge in [0.25, 0.3) is 0 Å². The Balaban J connectivity index is 0.000000259. The molecule has 2 saturated heterocycles. The fourth-order valence-corrected chi connectivity index (χ4v) is 10.0. The maximum absolute atomic E-state index is 13.8. The number of aromatic carboxylic acids is 1. The maximum atomic E-state index is 13.8. The summed E-state index contributed by atoms with van der Waals surface area (Å²) in [7, 11) is 0. The lowest BCUT2D eigenvalue weighted by Crippen LogP contribution is -2.46. The first-order chi connectivity index (χ1) is 36.9. The Labute approximate surface area is 463 Å². The summed E-state index contributed by atoms with van der Waals surface area (Å²) in [6.45, 7) is 27.1. The zero-order valence-electron chi connectivity index (χ0n) is 48.3. The molecule has 4 heterocycles. The molecule has 0 amide bonds. The van der Waals surface area contributed by atoms with Gasteiger partial charge in [-0.2, -0.15) is 0 Å². The predicted octanol–water partition coefficient (Wildman–Crippen LogP) is 12.7. The number of ether oxygens (including phenoxy) is 7. The predicted molar refractivity (Wildman–Crippen MR) is 293 cm³/mol. The number of imidazole rings is 2. The molecule has 79 heavy (non-hydrogen) atoms. The number of carbonyl (C=O) groups is 4. The number of carboxylic acid groups (broad SMARTS) is 1. The van der Waals surface area contributed by atoms with Crippen molar-refractivity contribution in [1.82, 2.24) is 19.1 Å². The second kappa shape index (κ2) is 25.8. The van der Waals surface area contributed by atoms with Crippen LogP contribution in [-0.4, -0.2) is 95.3 Å². The van der Waals surface area contributed by atoms with E-state index in [0.717, 1.165) is 11.3 Å². The fourth-order valence-electron chi connectivity index (χ4n) is 10.0. The molecule has 2 aliphatic heterocycles. The Morgan fingerprint density at radius 1 is 0.608 bits per heavy atom. The Morgan fingerprint density at radius 3 is 1.37 bits per heavy atom. The number of hydrogen-bond donors (Lipinski definition) is 1. The van der Waals surface area contributed by atoms with E-state index in [-0.39, 0.29) is 90.7 Å². The van der Waals surface area contributed by atoms with Crippen LogP contribution in [0, 0.1) is 11.6 Å². The standard InChI is InChI=1S/C34H43FN2O6.C27H37FN2O6/c1-22(2)30-29(32(39)40-21-23-11-9-8-10-12-23)36-31(24-13-15-25(35)16-14-24)37(30)18-17-26-19-27(42-34(6,7)41-26)20-28(38)43-33(3,4)5;1-16(2)23-22(25(32)33)29-24(17-8-10-18(28)11-9-17)30(23)13-12-19-14-20(35-27(6,7)34-19)15-21(31)36-26(3,4)5/h8-16,22,26-27H,17-21H2,1-7H3;8-11,16,19-20H,12-15H2,1-7H3,(H,32,33)/t26-,27-;19-,20-/m11/s1. The van der Waals surface area contributed by atoms with Gasteiger partial charge in [-0.1, -0.05) is 58.0 Å². The number of carboxylic acids is 1. The van der Waals surface area contributed by atoms with Crippen molar-refractivity contribution in [1.29, 1.82) is 0 Å². The highest BCUT2D eigenvalue weighted by Gasteiger charge is 2.39. The van der Waals surface area contributed by atoms with E-state index in [2.05, 4.69) is 4.98 Å². The third-order valence-electron chi connectivity index (χ3n) is 12.8. The van der Waals surface area contributed by atoms with E-state index in [1.807, 2.05) is 136 Å². The summed E-state index contributed by atoms with van der Waals surface area (Å²) in [5.41, 5.74) is 2.57. The molecule has 2 aliphatic rings. The quantitative estimate of drug-likeness (QED) is 0.0644. The molecule has 2 aromatic heterocycles. The molecule has 0 spiro atoms. The highest BCUT2D eigenvalue weighted by atomic mass is 19.1. The average Bonchev–Trinajstić information content (AvgIpc) is 3.95. The van der Waals surface area contributed by atoms with Crippen LogP contribution in [0.5, 0.6) is 0 Å². The molecule has 430 valence electrons. The number of aromatic nitrogens is 4. The second-order valence-electron chi connectivity index (χ2n) is 23.7. The van der Waals surface area contributed by atoms with Crippen LogP contribution in [0.1, 0.15) is 185 Å². The molecule has 0 unspecified atom stereocenters. The molecule has 2 fully saturated rings. The van der Waals surface area contributed by atoms with Crippen LogP contribution in [-0.2, 0) is 62.4 Å². The highest BCUT2D eigenvalue weighted by molar-refractivity contribution is 5.90. The SMILES string of the molecule is CC(C)c1c(C(=O)O)nc(-c2ccc(F)cc2)n1CC[C@@H]1C[C@H](CC(=O)OC(C)(C)C)OC(C)(C)O1.CC(C)c1c(C(=O)OCc2ccccc2)nc(-c2ccc(F)cc2)n1CC[C@@H]1C[C@H](CC(=O)OC(C)(C)C)OC(C)(C)O1. The molecule has 0 saturated carbocycles. The summed E-state index contributed by atoms with van der Waals surface area (Å²) in [5.74, 6) is -3.95. The normalized spacial score (nSPS) is 19.1. The lowest BCUT2D eigenvalue weighted by atomic mass is 10.0. The van der Waals surface area contributed by atoms with Crippen LogP contribution in [0.3, 0.4) is 0 Å². The van der Waals surface area contributed by atoms with E-state index in [4.69, 9.17) is 38.1 Å². The zero-order valence-corrected chi connectivity index (χ0v) is 48.3. The summed E-state index contributed by atoms with van der Waals surface area (Å²) >= 11 is 0. The van der Waals surface area contributed by atoms with Gasteiger partial charge in [0.1, 0.15) is 41.1 Å². The summed E-state index contributed by atoms with van der Waals surface area (Å²) in [6.07, 6.45) is 1.15. The number of halogens is 2. The number of carbonyl (C=O) groups excluding carboxylic acids is 3. The van der Waals surface area contributed by atoms with Crippen molar-refractivity contribution in [2.75, 3.05) is 0 Å². The zero-order chi connectivity index (χ0) is 58.2. The van der Waals surface area contributed by atoms with E-state index < -0.39 is 34.7 Å². The van der Waals surface area contributed by atoms with Crippen molar-refractivity contribution in [3.63, 3.8) is 0 Å². The van der Waals surface area contributed by atoms with Gasteiger partial charge < -0.3 is 47.4 Å². The minimum Gasteiger partial charge on any atom is -0.476 e. The van der Waals surface area contributed by atoms with E-state index in [1.54, 1.807) is 24.3 Å².